The van der Waals surface area contributed by atoms with Crippen molar-refractivity contribution in [2.45, 2.75) is 32.8 Å². The Kier molecular flexibility index (Phi) is 5.68. The Morgan fingerprint density at radius 2 is 1.68 bits per heavy atom. The van der Waals surface area contributed by atoms with Gasteiger partial charge < -0.3 is 14.8 Å². The molecule has 0 radical (unpaired) electrons. The average Bonchev–Trinajstić information content (AvgIpc) is 3.00. The molecular weight excluding hydrogens is 356 g/mol. The minimum atomic E-state index is -0.578. The van der Waals surface area contributed by atoms with Crippen LogP contribution in [0.4, 0.5) is 9.59 Å². The normalized spacial score (nSPS) is 11.2. The van der Waals surface area contributed by atoms with E-state index in [1.165, 1.54) is 4.57 Å². The zero-order valence-corrected chi connectivity index (χ0v) is 16.3. The van der Waals surface area contributed by atoms with Gasteiger partial charge in [-0.15, -0.1) is 0 Å². The molecule has 146 valence electrons. The molecule has 6 heteroatoms. The summed E-state index contributed by atoms with van der Waals surface area (Å²) in [4.78, 5) is 24.4. The fourth-order valence-corrected chi connectivity index (χ4v) is 2.84. The lowest BCUT2D eigenvalue weighted by Crippen LogP contribution is -2.28. The molecular formula is C22H24N2O4. The second-order valence-electron chi connectivity index (χ2n) is 7.40. The third-order valence-corrected chi connectivity index (χ3v) is 4.00. The maximum absolute atomic E-state index is 12.5. The Morgan fingerprint density at radius 3 is 2.39 bits per heavy atom. The van der Waals surface area contributed by atoms with E-state index in [1.807, 2.05) is 51.1 Å². The molecule has 0 unspecified atom stereocenters. The number of rotatable bonds is 4. The van der Waals surface area contributed by atoms with E-state index in [1.54, 1.807) is 30.5 Å². The molecule has 6 nitrogen and oxygen atoms in total. The Hall–Kier alpha value is -3.28. The average molecular weight is 380 g/mol. The number of ether oxygens (including phenoxy) is 2. The minimum absolute atomic E-state index is 0.383. The molecule has 0 saturated carbocycles. The van der Waals surface area contributed by atoms with Crippen molar-refractivity contribution in [3.05, 3.63) is 66.4 Å². The molecule has 0 saturated heterocycles. The summed E-state index contributed by atoms with van der Waals surface area (Å²) in [5.41, 5.74) is 1.14. The number of benzene rings is 2. The summed E-state index contributed by atoms with van der Waals surface area (Å²) < 4.78 is 12.2. The molecule has 1 heterocycles. The SMILES string of the molecule is CC(C)(C)OC(=O)n1cc(CCNC(=O)Oc2ccccc2)c2ccccc21. The van der Waals surface area contributed by atoms with Crippen LogP contribution in [-0.4, -0.2) is 28.9 Å². The van der Waals surface area contributed by atoms with Gasteiger partial charge in [0, 0.05) is 18.1 Å². The van der Waals surface area contributed by atoms with Crippen LogP contribution in [0, 0.1) is 0 Å². The number of nitrogens with one attached hydrogen (secondary N) is 1. The van der Waals surface area contributed by atoms with Crippen LogP contribution in [0.25, 0.3) is 10.9 Å². The summed E-state index contributed by atoms with van der Waals surface area (Å²) >= 11 is 0. The third kappa shape index (κ3) is 4.91. The van der Waals surface area contributed by atoms with Gasteiger partial charge in [0.2, 0.25) is 0 Å². The van der Waals surface area contributed by atoms with Crippen molar-refractivity contribution in [2.24, 2.45) is 0 Å². The Balaban J connectivity index is 1.68. The summed E-state index contributed by atoms with van der Waals surface area (Å²) in [6.45, 7) is 5.88. The van der Waals surface area contributed by atoms with Gasteiger partial charge in [-0.3, -0.25) is 4.57 Å². The van der Waals surface area contributed by atoms with Crippen LogP contribution < -0.4 is 10.1 Å². The number of para-hydroxylation sites is 2. The number of carbonyl (C=O) groups is 2. The van der Waals surface area contributed by atoms with Crippen LogP contribution in [0.3, 0.4) is 0 Å². The van der Waals surface area contributed by atoms with Crippen LogP contribution in [0.15, 0.2) is 60.8 Å². The highest BCUT2D eigenvalue weighted by atomic mass is 16.6. The molecule has 0 bridgehead atoms. The zero-order chi connectivity index (χ0) is 20.1. The van der Waals surface area contributed by atoms with Crippen LogP contribution >= 0.6 is 0 Å². The first-order chi connectivity index (χ1) is 13.3. The molecule has 1 N–H and O–H groups in total. The summed E-state index contributed by atoms with van der Waals surface area (Å²) in [7, 11) is 0. The van der Waals surface area contributed by atoms with Crippen LogP contribution in [0.1, 0.15) is 26.3 Å². The van der Waals surface area contributed by atoms with Crippen molar-refractivity contribution in [2.75, 3.05) is 6.54 Å². The van der Waals surface area contributed by atoms with E-state index in [9.17, 15) is 9.59 Å². The lowest BCUT2D eigenvalue weighted by molar-refractivity contribution is 0.0544. The first kappa shape index (κ1) is 19.5. The zero-order valence-electron chi connectivity index (χ0n) is 16.3. The number of nitrogens with zero attached hydrogens (tertiary/aromatic N) is 1. The van der Waals surface area contributed by atoms with Crippen LogP contribution in [-0.2, 0) is 11.2 Å². The van der Waals surface area contributed by atoms with E-state index in [-0.39, 0.29) is 0 Å². The van der Waals surface area contributed by atoms with E-state index in [0.717, 1.165) is 16.5 Å². The first-order valence-electron chi connectivity index (χ1n) is 9.16. The minimum Gasteiger partial charge on any atom is -0.443 e. The predicted octanol–water partition coefficient (Wildman–Crippen LogP) is 4.76. The predicted molar refractivity (Wildman–Crippen MR) is 108 cm³/mol. The molecule has 3 rings (SSSR count). The topological polar surface area (TPSA) is 69.6 Å². The highest BCUT2D eigenvalue weighted by molar-refractivity contribution is 5.92. The number of hydrogen-bond acceptors (Lipinski definition) is 4. The van der Waals surface area contributed by atoms with Gasteiger partial charge in [0.05, 0.1) is 5.52 Å². The summed E-state index contributed by atoms with van der Waals surface area (Å²) in [5, 5.41) is 3.69. The molecule has 0 aliphatic carbocycles. The van der Waals surface area contributed by atoms with Gasteiger partial charge in [-0.05, 0) is 51.0 Å². The van der Waals surface area contributed by atoms with E-state index in [2.05, 4.69) is 5.32 Å². The second-order valence-corrected chi connectivity index (χ2v) is 7.40. The molecule has 0 atom stereocenters. The van der Waals surface area contributed by atoms with Crippen LogP contribution in [0.5, 0.6) is 5.75 Å². The van der Waals surface area contributed by atoms with Crippen molar-refractivity contribution in [1.29, 1.82) is 0 Å². The van der Waals surface area contributed by atoms with E-state index in [4.69, 9.17) is 9.47 Å². The smallest absolute Gasteiger partial charge is 0.419 e. The maximum Gasteiger partial charge on any atom is 0.419 e. The number of fused-ring (bicyclic) bond motifs is 1. The van der Waals surface area contributed by atoms with Crippen molar-refractivity contribution in [3.8, 4) is 5.75 Å². The molecule has 3 aromatic rings. The van der Waals surface area contributed by atoms with Crippen LogP contribution in [0.2, 0.25) is 0 Å². The Bertz CT molecular complexity index is 971. The van der Waals surface area contributed by atoms with E-state index < -0.39 is 17.8 Å². The molecule has 0 fully saturated rings. The molecule has 0 aliphatic rings. The molecule has 28 heavy (non-hydrogen) atoms. The molecule has 0 aliphatic heterocycles. The van der Waals surface area contributed by atoms with Gasteiger partial charge >= 0.3 is 12.2 Å². The first-order valence-corrected chi connectivity index (χ1v) is 9.16. The highest BCUT2D eigenvalue weighted by Crippen LogP contribution is 2.23. The highest BCUT2D eigenvalue weighted by Gasteiger charge is 2.20. The third-order valence-electron chi connectivity index (χ3n) is 4.00. The maximum atomic E-state index is 12.5. The molecule has 1 amide bonds. The van der Waals surface area contributed by atoms with Gasteiger partial charge in [0.25, 0.3) is 0 Å². The number of aromatic nitrogens is 1. The summed E-state index contributed by atoms with van der Waals surface area (Å²) in [5.74, 6) is 0.488. The van der Waals surface area contributed by atoms with Crippen molar-refractivity contribution in [3.63, 3.8) is 0 Å². The summed E-state index contributed by atoms with van der Waals surface area (Å²) in [6, 6.07) is 16.5. The molecule has 2 aromatic carbocycles. The standard InChI is InChI=1S/C22H24N2O4/c1-22(2,3)28-21(26)24-15-16(18-11-7-8-12-19(18)24)13-14-23-20(25)27-17-9-5-4-6-10-17/h4-12,15H,13-14H2,1-3H3,(H,23,25). The van der Waals surface area contributed by atoms with Gasteiger partial charge in [-0.2, -0.15) is 0 Å². The monoisotopic (exact) mass is 380 g/mol. The van der Waals surface area contributed by atoms with Gasteiger partial charge in [-0.1, -0.05) is 36.4 Å². The fourth-order valence-electron chi connectivity index (χ4n) is 2.84. The molecule has 1 aromatic heterocycles. The van der Waals surface area contributed by atoms with Crippen molar-refractivity contribution < 1.29 is 19.1 Å². The summed E-state index contributed by atoms with van der Waals surface area (Å²) in [6.07, 6.45) is 1.39. The van der Waals surface area contributed by atoms with Gasteiger partial charge in [0.1, 0.15) is 11.4 Å². The number of amides is 1. The fraction of sp³-hybridized carbons (Fsp3) is 0.273. The second kappa shape index (κ2) is 8.17. The Labute approximate surface area is 164 Å². The largest absolute Gasteiger partial charge is 0.443 e. The quantitative estimate of drug-likeness (QED) is 0.709. The van der Waals surface area contributed by atoms with Crippen molar-refractivity contribution in [1.82, 2.24) is 9.88 Å². The number of hydrogen-bond donors (Lipinski definition) is 1. The van der Waals surface area contributed by atoms with E-state index in [0.29, 0.717) is 18.7 Å². The Morgan fingerprint density at radius 1 is 1.00 bits per heavy atom. The van der Waals surface area contributed by atoms with Crippen molar-refractivity contribution >= 4 is 23.1 Å². The molecule has 0 spiro atoms. The lowest BCUT2D eigenvalue weighted by Gasteiger charge is -2.19. The van der Waals surface area contributed by atoms with E-state index >= 15 is 0 Å². The van der Waals surface area contributed by atoms with Gasteiger partial charge in [0.15, 0.2) is 0 Å². The lowest BCUT2D eigenvalue weighted by atomic mass is 10.1. The van der Waals surface area contributed by atoms with Gasteiger partial charge in [-0.25, -0.2) is 9.59 Å². The number of carbonyl (C=O) groups excluding carboxylic acids is 2.